The van der Waals surface area contributed by atoms with Gasteiger partial charge in [0.2, 0.25) is 5.91 Å². The summed E-state index contributed by atoms with van der Waals surface area (Å²) in [7, 11) is 0. The van der Waals surface area contributed by atoms with Gasteiger partial charge < -0.3 is 15.0 Å². The van der Waals surface area contributed by atoms with E-state index in [0.29, 0.717) is 25.3 Å². The average Bonchev–Trinajstić information content (AvgIpc) is 2.65. The molecule has 1 unspecified atom stereocenters. The Kier molecular flexibility index (Phi) is 8.25. The minimum absolute atomic E-state index is 0.107. The lowest BCUT2D eigenvalue weighted by atomic mass is 10.1. The fourth-order valence-electron chi connectivity index (χ4n) is 3.46. The fraction of sp³-hybridized carbons (Fsp3) is 0.417. The first-order valence-electron chi connectivity index (χ1n) is 10.2. The van der Waals surface area contributed by atoms with Gasteiger partial charge in [-0.25, -0.2) is 0 Å². The Morgan fingerprint density at radius 1 is 1.00 bits per heavy atom. The van der Waals surface area contributed by atoms with Crippen molar-refractivity contribution in [3.05, 3.63) is 64.7 Å². The molecule has 0 heterocycles. The van der Waals surface area contributed by atoms with Crippen molar-refractivity contribution in [3.8, 4) is 5.75 Å². The number of nitrogens with zero attached hydrogens (tertiary/aromatic N) is 1. The summed E-state index contributed by atoms with van der Waals surface area (Å²) >= 11 is 0. The lowest BCUT2D eigenvalue weighted by molar-refractivity contribution is -0.142. The molecule has 0 aromatic heterocycles. The summed E-state index contributed by atoms with van der Waals surface area (Å²) in [6.07, 6.45) is 0.535. The van der Waals surface area contributed by atoms with Crippen molar-refractivity contribution in [2.24, 2.45) is 0 Å². The van der Waals surface area contributed by atoms with E-state index in [2.05, 4.69) is 11.4 Å². The molecule has 0 saturated heterocycles. The normalized spacial score (nSPS) is 11.6. The Hall–Kier alpha value is -2.82. The summed E-state index contributed by atoms with van der Waals surface area (Å²) in [6.45, 7) is 10.6. The molecule has 2 rings (SSSR count). The van der Waals surface area contributed by atoms with Gasteiger partial charge in [-0.15, -0.1) is 0 Å². The smallest absolute Gasteiger partial charge is 0.261 e. The van der Waals surface area contributed by atoms with Crippen LogP contribution in [0.4, 0.5) is 0 Å². The van der Waals surface area contributed by atoms with E-state index in [-0.39, 0.29) is 18.4 Å². The third-order valence-corrected chi connectivity index (χ3v) is 4.73. The van der Waals surface area contributed by atoms with Crippen molar-refractivity contribution in [2.75, 3.05) is 13.2 Å². The van der Waals surface area contributed by atoms with Crippen LogP contribution in [0.5, 0.6) is 5.75 Å². The van der Waals surface area contributed by atoms with Gasteiger partial charge in [0, 0.05) is 13.1 Å². The summed E-state index contributed by atoms with van der Waals surface area (Å²) < 4.78 is 5.78. The monoisotopic (exact) mass is 396 g/mol. The molecule has 0 radical (unpaired) electrons. The zero-order valence-electron chi connectivity index (χ0n) is 18.1. The van der Waals surface area contributed by atoms with E-state index >= 15 is 0 Å². The molecule has 0 bridgehead atoms. The number of carbonyl (C=O) groups excluding carboxylic acids is 2. The van der Waals surface area contributed by atoms with Gasteiger partial charge in [-0.1, -0.05) is 42.8 Å². The summed E-state index contributed by atoms with van der Waals surface area (Å²) in [6, 6.07) is 13.3. The summed E-state index contributed by atoms with van der Waals surface area (Å²) in [4.78, 5) is 27.3. The van der Waals surface area contributed by atoms with E-state index in [0.717, 1.165) is 22.3 Å². The number of amides is 2. The fourth-order valence-corrected chi connectivity index (χ4v) is 3.46. The first-order valence-corrected chi connectivity index (χ1v) is 10.2. The van der Waals surface area contributed by atoms with Crippen molar-refractivity contribution >= 4 is 11.8 Å². The standard InChI is InChI=1S/C24H32N2O3/c1-6-22(24(28)25-7-2)26(15-20-10-8-9-17(3)12-20)23(27)16-29-21-13-18(4)11-19(5)14-21/h8-14,22H,6-7,15-16H2,1-5H3,(H,25,28). The number of rotatable bonds is 9. The van der Waals surface area contributed by atoms with Crippen molar-refractivity contribution in [2.45, 2.75) is 53.6 Å². The van der Waals surface area contributed by atoms with Crippen LogP contribution in [-0.4, -0.2) is 35.9 Å². The lowest BCUT2D eigenvalue weighted by Crippen LogP contribution is -2.50. The first-order chi connectivity index (χ1) is 13.8. The molecular formula is C24H32N2O3. The molecule has 0 saturated carbocycles. The SMILES string of the molecule is CCNC(=O)C(CC)N(Cc1cccc(C)c1)C(=O)COc1cc(C)cc(C)c1. The molecule has 1 N–H and O–H groups in total. The zero-order chi connectivity index (χ0) is 21.4. The van der Waals surface area contributed by atoms with E-state index < -0.39 is 6.04 Å². The minimum Gasteiger partial charge on any atom is -0.484 e. The Labute approximate surface area is 174 Å². The van der Waals surface area contributed by atoms with Crippen molar-refractivity contribution < 1.29 is 14.3 Å². The van der Waals surface area contributed by atoms with Gasteiger partial charge in [-0.2, -0.15) is 0 Å². The first kappa shape index (κ1) is 22.5. The molecule has 0 aliphatic carbocycles. The molecule has 156 valence electrons. The third kappa shape index (κ3) is 6.63. The topological polar surface area (TPSA) is 58.6 Å². The second kappa shape index (κ2) is 10.6. The van der Waals surface area contributed by atoms with Crippen LogP contribution in [0.1, 0.15) is 42.5 Å². The van der Waals surface area contributed by atoms with Gasteiger partial charge in [0.1, 0.15) is 11.8 Å². The highest BCUT2D eigenvalue weighted by Gasteiger charge is 2.28. The van der Waals surface area contributed by atoms with E-state index in [4.69, 9.17) is 4.74 Å². The van der Waals surface area contributed by atoms with E-state index in [1.165, 1.54) is 0 Å². The maximum Gasteiger partial charge on any atom is 0.261 e. The average molecular weight is 397 g/mol. The minimum atomic E-state index is -0.536. The van der Waals surface area contributed by atoms with Crippen LogP contribution in [0.15, 0.2) is 42.5 Å². The van der Waals surface area contributed by atoms with Crippen LogP contribution in [0.2, 0.25) is 0 Å². The van der Waals surface area contributed by atoms with Gasteiger partial charge in [0.05, 0.1) is 0 Å². The predicted octanol–water partition coefficient (Wildman–Crippen LogP) is 3.93. The summed E-state index contributed by atoms with van der Waals surface area (Å²) in [5, 5.41) is 2.84. The van der Waals surface area contributed by atoms with Gasteiger partial charge in [-0.3, -0.25) is 9.59 Å². The van der Waals surface area contributed by atoms with Gasteiger partial charge in [0.25, 0.3) is 5.91 Å². The highest BCUT2D eigenvalue weighted by molar-refractivity contribution is 5.88. The number of hydrogen-bond donors (Lipinski definition) is 1. The second-order valence-electron chi connectivity index (χ2n) is 7.44. The Morgan fingerprint density at radius 2 is 1.69 bits per heavy atom. The van der Waals surface area contributed by atoms with Crippen LogP contribution in [-0.2, 0) is 16.1 Å². The van der Waals surface area contributed by atoms with Crippen LogP contribution in [0, 0.1) is 20.8 Å². The number of hydrogen-bond acceptors (Lipinski definition) is 3. The predicted molar refractivity (Wildman–Crippen MR) is 116 cm³/mol. The van der Waals surface area contributed by atoms with Crippen LogP contribution >= 0.6 is 0 Å². The summed E-state index contributed by atoms with van der Waals surface area (Å²) in [5.41, 5.74) is 4.27. The lowest BCUT2D eigenvalue weighted by Gasteiger charge is -2.30. The van der Waals surface area contributed by atoms with Gasteiger partial charge in [-0.05, 0) is 62.9 Å². The maximum absolute atomic E-state index is 13.1. The van der Waals surface area contributed by atoms with Crippen molar-refractivity contribution in [1.29, 1.82) is 0 Å². The van der Waals surface area contributed by atoms with Crippen molar-refractivity contribution in [1.82, 2.24) is 10.2 Å². The zero-order valence-corrected chi connectivity index (χ0v) is 18.1. The molecule has 5 nitrogen and oxygen atoms in total. The molecule has 2 amide bonds. The molecule has 0 aliphatic rings. The number of carbonyl (C=O) groups is 2. The summed E-state index contributed by atoms with van der Waals surface area (Å²) in [5.74, 6) is 0.323. The number of aryl methyl sites for hydroxylation is 3. The molecule has 0 aliphatic heterocycles. The van der Waals surface area contributed by atoms with Crippen LogP contribution in [0.25, 0.3) is 0 Å². The number of likely N-dealkylation sites (N-methyl/N-ethyl adjacent to an activating group) is 1. The molecule has 2 aromatic carbocycles. The molecule has 0 spiro atoms. The highest BCUT2D eigenvalue weighted by atomic mass is 16.5. The maximum atomic E-state index is 13.1. The molecule has 0 fully saturated rings. The largest absolute Gasteiger partial charge is 0.484 e. The van der Waals surface area contributed by atoms with Gasteiger partial charge in [0.15, 0.2) is 6.61 Å². The molecule has 2 aromatic rings. The Balaban J connectivity index is 2.21. The second-order valence-corrected chi connectivity index (χ2v) is 7.44. The molecular weight excluding hydrogens is 364 g/mol. The Morgan fingerprint density at radius 3 is 2.28 bits per heavy atom. The molecule has 5 heteroatoms. The molecule has 1 atom stereocenters. The van der Waals surface area contributed by atoms with E-state index in [1.54, 1.807) is 4.90 Å². The Bertz CT molecular complexity index is 828. The van der Waals surface area contributed by atoms with Crippen LogP contribution in [0.3, 0.4) is 0 Å². The third-order valence-electron chi connectivity index (χ3n) is 4.73. The van der Waals surface area contributed by atoms with Crippen molar-refractivity contribution in [3.63, 3.8) is 0 Å². The quantitative estimate of drug-likeness (QED) is 0.699. The van der Waals surface area contributed by atoms with Gasteiger partial charge >= 0.3 is 0 Å². The highest BCUT2D eigenvalue weighted by Crippen LogP contribution is 2.18. The van der Waals surface area contributed by atoms with E-state index in [1.807, 2.05) is 71.0 Å². The number of nitrogens with one attached hydrogen (secondary N) is 1. The number of ether oxygens (including phenoxy) is 1. The number of benzene rings is 2. The molecule has 29 heavy (non-hydrogen) atoms. The van der Waals surface area contributed by atoms with Crippen LogP contribution < -0.4 is 10.1 Å². The van der Waals surface area contributed by atoms with E-state index in [9.17, 15) is 9.59 Å².